The number of benzene rings is 3. The quantitative estimate of drug-likeness (QED) is 0.237. The van der Waals surface area contributed by atoms with Crippen LogP contribution in [0, 0.1) is 0 Å². The number of anilines is 1. The number of nitrogens with one attached hydrogen (secondary N) is 1. The zero-order chi connectivity index (χ0) is 32.1. The van der Waals surface area contributed by atoms with Gasteiger partial charge in [-0.3, -0.25) is 13.9 Å². The van der Waals surface area contributed by atoms with Crippen LogP contribution in [0.15, 0.2) is 77.7 Å². The van der Waals surface area contributed by atoms with Crippen molar-refractivity contribution in [2.24, 2.45) is 0 Å². The van der Waals surface area contributed by atoms with Crippen LogP contribution in [0.3, 0.4) is 0 Å². The number of amides is 2. The van der Waals surface area contributed by atoms with E-state index in [2.05, 4.69) is 5.32 Å². The third-order valence-corrected chi connectivity index (χ3v) is 9.85. The summed E-state index contributed by atoms with van der Waals surface area (Å²) in [6, 6.07) is 14.8. The van der Waals surface area contributed by atoms with E-state index in [0.29, 0.717) is 21.0 Å². The molecule has 3 aromatic carbocycles. The fourth-order valence-electron chi connectivity index (χ4n) is 5.19. The number of hydrogen-bond donors (Lipinski definition) is 1. The maximum atomic E-state index is 14.2. The Morgan fingerprint density at radius 2 is 1.61 bits per heavy atom. The van der Waals surface area contributed by atoms with Gasteiger partial charge in [0.05, 0.1) is 21.2 Å². The first-order chi connectivity index (χ1) is 20.8. The maximum absolute atomic E-state index is 14.2. The van der Waals surface area contributed by atoms with Crippen molar-refractivity contribution in [3.05, 3.63) is 94.0 Å². The molecule has 0 unspecified atom stereocenters. The van der Waals surface area contributed by atoms with Gasteiger partial charge in [0, 0.05) is 17.6 Å². The average molecular weight is 671 g/mol. The summed E-state index contributed by atoms with van der Waals surface area (Å²) in [6.45, 7) is 0.727. The predicted octanol–water partition coefficient (Wildman–Crippen LogP) is 7.07. The molecule has 0 bridgehead atoms. The Morgan fingerprint density at radius 3 is 2.20 bits per heavy atom. The van der Waals surface area contributed by atoms with E-state index in [1.807, 2.05) is 0 Å². The Balaban J connectivity index is 1.78. The third kappa shape index (κ3) is 8.05. The fourth-order valence-corrected chi connectivity index (χ4v) is 7.03. The Kier molecular flexibility index (Phi) is 10.9. The zero-order valence-corrected chi connectivity index (χ0v) is 26.2. The minimum Gasteiger partial charge on any atom is -0.352 e. The van der Waals surface area contributed by atoms with E-state index >= 15 is 0 Å². The van der Waals surface area contributed by atoms with E-state index in [0.717, 1.165) is 37.8 Å². The van der Waals surface area contributed by atoms with Crippen molar-refractivity contribution in [2.45, 2.75) is 68.7 Å². The van der Waals surface area contributed by atoms with Gasteiger partial charge in [0.2, 0.25) is 11.8 Å². The number of halogens is 5. The molecule has 1 aliphatic rings. The maximum Gasteiger partial charge on any atom is 0.416 e. The van der Waals surface area contributed by atoms with Crippen molar-refractivity contribution in [1.82, 2.24) is 10.2 Å². The molecule has 1 atom stereocenters. The van der Waals surface area contributed by atoms with Gasteiger partial charge < -0.3 is 10.2 Å². The minimum atomic E-state index is -4.81. The Hall–Kier alpha value is -3.28. The monoisotopic (exact) mass is 669 g/mol. The number of carbonyl (C=O) groups excluding carboxylic acids is 2. The largest absolute Gasteiger partial charge is 0.416 e. The molecule has 236 valence electrons. The molecular formula is C31H32Cl2F3N3O4S. The SMILES string of the molecule is CC[C@H](C(=O)NC1CCCC1)N(Cc1ccc(Cl)cc1)C(=O)CN(c1cc(C(F)(F)F)ccc1Cl)S(=O)(=O)c1ccccc1. The van der Waals surface area contributed by atoms with E-state index in [-0.39, 0.29) is 28.9 Å². The summed E-state index contributed by atoms with van der Waals surface area (Å²) >= 11 is 12.3. The van der Waals surface area contributed by atoms with Crippen molar-refractivity contribution < 1.29 is 31.2 Å². The highest BCUT2D eigenvalue weighted by Gasteiger charge is 2.37. The van der Waals surface area contributed by atoms with Crippen LogP contribution in [0.25, 0.3) is 0 Å². The molecule has 0 aromatic heterocycles. The number of alkyl halides is 3. The van der Waals surface area contributed by atoms with Crippen molar-refractivity contribution in [3.8, 4) is 0 Å². The van der Waals surface area contributed by atoms with Gasteiger partial charge in [-0.25, -0.2) is 8.42 Å². The lowest BCUT2D eigenvalue weighted by molar-refractivity contribution is -0.140. The first-order valence-electron chi connectivity index (χ1n) is 14.1. The van der Waals surface area contributed by atoms with Crippen molar-refractivity contribution in [3.63, 3.8) is 0 Å². The molecule has 7 nitrogen and oxygen atoms in total. The van der Waals surface area contributed by atoms with E-state index in [4.69, 9.17) is 23.2 Å². The molecule has 13 heteroatoms. The average Bonchev–Trinajstić information content (AvgIpc) is 3.50. The highest BCUT2D eigenvalue weighted by molar-refractivity contribution is 7.92. The fraction of sp³-hybridized carbons (Fsp3) is 0.355. The lowest BCUT2D eigenvalue weighted by Crippen LogP contribution is -2.53. The highest BCUT2D eigenvalue weighted by Crippen LogP contribution is 2.37. The Morgan fingerprint density at radius 1 is 0.977 bits per heavy atom. The number of sulfonamides is 1. The lowest BCUT2D eigenvalue weighted by atomic mass is 10.1. The van der Waals surface area contributed by atoms with Crippen LogP contribution in [0.4, 0.5) is 18.9 Å². The molecule has 44 heavy (non-hydrogen) atoms. The van der Waals surface area contributed by atoms with Crippen molar-refractivity contribution in [2.75, 3.05) is 10.8 Å². The topological polar surface area (TPSA) is 86.8 Å². The summed E-state index contributed by atoms with van der Waals surface area (Å²) in [6.07, 6.45) is -1.04. The van der Waals surface area contributed by atoms with Crippen molar-refractivity contribution >= 4 is 50.7 Å². The summed E-state index contributed by atoms with van der Waals surface area (Å²) in [7, 11) is -4.60. The normalized spacial score (nSPS) is 14.7. The van der Waals surface area contributed by atoms with Gasteiger partial charge in [0.1, 0.15) is 12.6 Å². The molecular weight excluding hydrogens is 638 g/mol. The number of nitrogens with zero attached hydrogens (tertiary/aromatic N) is 2. The second-order valence-electron chi connectivity index (χ2n) is 10.6. The number of hydrogen-bond acceptors (Lipinski definition) is 4. The molecule has 0 radical (unpaired) electrons. The standard InChI is InChI=1S/C31H32Cl2F3N3O4S/c1-2-27(30(41)37-24-8-6-7-9-24)38(19-21-12-15-23(32)16-13-21)29(40)20-39(44(42,43)25-10-4-3-5-11-25)28-18-22(31(34,35)36)14-17-26(28)33/h3-5,10-18,24,27H,2,6-9,19-20H2,1H3,(H,37,41)/t27-/m1/s1. The smallest absolute Gasteiger partial charge is 0.352 e. The molecule has 4 rings (SSSR count). The van der Waals surface area contributed by atoms with E-state index in [9.17, 15) is 31.2 Å². The molecule has 0 heterocycles. The second-order valence-corrected chi connectivity index (χ2v) is 13.3. The predicted molar refractivity (Wildman–Crippen MR) is 164 cm³/mol. The molecule has 1 fully saturated rings. The number of rotatable bonds is 11. The summed E-state index contributed by atoms with van der Waals surface area (Å²) in [5.41, 5.74) is -1.05. The first kappa shape index (κ1) is 33.6. The molecule has 2 amide bonds. The molecule has 0 saturated heterocycles. The van der Waals surface area contributed by atoms with Gasteiger partial charge in [0.25, 0.3) is 10.0 Å². The van der Waals surface area contributed by atoms with Gasteiger partial charge in [-0.1, -0.05) is 73.3 Å². The molecule has 0 spiro atoms. The van der Waals surface area contributed by atoms with Gasteiger partial charge in [-0.05, 0) is 67.3 Å². The van der Waals surface area contributed by atoms with Crippen LogP contribution < -0.4 is 9.62 Å². The summed E-state index contributed by atoms with van der Waals surface area (Å²) in [4.78, 5) is 28.7. The van der Waals surface area contributed by atoms with Crippen LogP contribution in [0.5, 0.6) is 0 Å². The molecule has 3 aromatic rings. The lowest BCUT2D eigenvalue weighted by Gasteiger charge is -2.34. The molecule has 1 aliphatic carbocycles. The summed E-state index contributed by atoms with van der Waals surface area (Å²) in [5, 5.41) is 3.15. The molecule has 1 N–H and O–H groups in total. The third-order valence-electron chi connectivity index (χ3n) is 7.51. The van der Waals surface area contributed by atoms with Crippen LogP contribution in [-0.4, -0.2) is 43.8 Å². The van der Waals surface area contributed by atoms with Crippen LogP contribution in [-0.2, 0) is 32.3 Å². The molecule has 0 aliphatic heterocycles. The highest BCUT2D eigenvalue weighted by atomic mass is 35.5. The minimum absolute atomic E-state index is 0.0390. The van der Waals surface area contributed by atoms with Crippen molar-refractivity contribution in [1.29, 1.82) is 0 Å². The van der Waals surface area contributed by atoms with E-state index in [1.165, 1.54) is 29.2 Å². The van der Waals surface area contributed by atoms with E-state index in [1.54, 1.807) is 37.3 Å². The first-order valence-corrected chi connectivity index (χ1v) is 16.3. The van der Waals surface area contributed by atoms with Crippen LogP contribution in [0.2, 0.25) is 10.0 Å². The Bertz CT molecular complexity index is 1570. The Labute approximate surface area is 265 Å². The number of carbonyl (C=O) groups is 2. The zero-order valence-electron chi connectivity index (χ0n) is 23.9. The molecule has 1 saturated carbocycles. The van der Waals surface area contributed by atoms with Gasteiger partial charge in [0.15, 0.2) is 0 Å². The summed E-state index contributed by atoms with van der Waals surface area (Å²) in [5.74, 6) is -1.20. The van der Waals surface area contributed by atoms with Gasteiger partial charge in [-0.15, -0.1) is 0 Å². The van der Waals surface area contributed by atoms with Gasteiger partial charge in [-0.2, -0.15) is 13.2 Å². The van der Waals surface area contributed by atoms with Gasteiger partial charge >= 0.3 is 6.18 Å². The summed E-state index contributed by atoms with van der Waals surface area (Å²) < 4.78 is 69.6. The van der Waals surface area contributed by atoms with Crippen LogP contribution in [0.1, 0.15) is 50.2 Å². The van der Waals surface area contributed by atoms with E-state index < -0.39 is 51.9 Å². The van der Waals surface area contributed by atoms with Crippen LogP contribution >= 0.6 is 23.2 Å². The second kappa shape index (κ2) is 14.2.